The number of carbonyl (C=O) groups excluding carboxylic acids is 2. The van der Waals surface area contributed by atoms with E-state index in [0.29, 0.717) is 30.6 Å². The van der Waals surface area contributed by atoms with E-state index in [1.165, 1.54) is 5.01 Å². The van der Waals surface area contributed by atoms with Crippen LogP contribution in [0.1, 0.15) is 27.2 Å². The molecular formula is C22H19N3O2S. The summed E-state index contributed by atoms with van der Waals surface area (Å²) < 4.78 is 0. The molecule has 0 spiro atoms. The van der Waals surface area contributed by atoms with Crippen LogP contribution >= 0.6 is 11.3 Å². The van der Waals surface area contributed by atoms with Crippen molar-refractivity contribution >= 4 is 34.6 Å². The molecule has 0 saturated carbocycles. The minimum atomic E-state index is -0.138. The van der Waals surface area contributed by atoms with E-state index in [1.54, 1.807) is 35.6 Å². The summed E-state index contributed by atoms with van der Waals surface area (Å²) in [4.78, 5) is 25.7. The first-order valence-corrected chi connectivity index (χ1v) is 9.91. The highest BCUT2D eigenvalue weighted by atomic mass is 32.1. The predicted molar refractivity (Wildman–Crippen MR) is 112 cm³/mol. The average Bonchev–Trinajstić information content (AvgIpc) is 3.37. The molecule has 0 unspecified atom stereocenters. The summed E-state index contributed by atoms with van der Waals surface area (Å²) >= 11 is 1.61. The fourth-order valence-electron chi connectivity index (χ4n) is 3.05. The van der Waals surface area contributed by atoms with Gasteiger partial charge in [-0.1, -0.05) is 36.4 Å². The molecule has 2 aromatic carbocycles. The molecular weight excluding hydrogens is 370 g/mol. The van der Waals surface area contributed by atoms with Gasteiger partial charge >= 0.3 is 0 Å². The molecule has 1 aromatic heterocycles. The Morgan fingerprint density at radius 3 is 2.54 bits per heavy atom. The smallest absolute Gasteiger partial charge is 0.253 e. The van der Waals surface area contributed by atoms with Crippen molar-refractivity contribution in [3.05, 3.63) is 88.1 Å². The Morgan fingerprint density at radius 1 is 1.04 bits per heavy atom. The van der Waals surface area contributed by atoms with Crippen LogP contribution in [0.4, 0.5) is 5.69 Å². The van der Waals surface area contributed by atoms with Crippen molar-refractivity contribution in [2.75, 3.05) is 5.01 Å². The van der Waals surface area contributed by atoms with Gasteiger partial charge in [0.25, 0.3) is 11.8 Å². The van der Waals surface area contributed by atoms with Gasteiger partial charge in [-0.25, -0.2) is 5.01 Å². The third-order valence-corrected chi connectivity index (χ3v) is 5.34. The minimum absolute atomic E-state index is 0.0548. The maximum atomic E-state index is 12.4. The second-order valence-corrected chi connectivity index (χ2v) is 7.55. The zero-order valence-electron chi connectivity index (χ0n) is 15.2. The molecule has 2 heterocycles. The fourth-order valence-corrected chi connectivity index (χ4v) is 3.69. The molecule has 0 bridgehead atoms. The summed E-state index contributed by atoms with van der Waals surface area (Å²) in [5, 5.41) is 10.8. The maximum absolute atomic E-state index is 12.4. The number of hydrogen-bond donors (Lipinski definition) is 1. The zero-order chi connectivity index (χ0) is 19.3. The second-order valence-electron chi connectivity index (χ2n) is 6.52. The van der Waals surface area contributed by atoms with Gasteiger partial charge < -0.3 is 5.32 Å². The number of rotatable bonds is 6. The Bertz CT molecular complexity index is 996. The number of hydrazone groups is 1. The van der Waals surface area contributed by atoms with E-state index in [0.717, 1.165) is 16.2 Å². The molecule has 3 aromatic rings. The number of nitrogens with one attached hydrogen (secondary N) is 1. The maximum Gasteiger partial charge on any atom is 0.253 e. The summed E-state index contributed by atoms with van der Waals surface area (Å²) in [6.45, 7) is 0.510. The van der Waals surface area contributed by atoms with Crippen molar-refractivity contribution in [1.82, 2.24) is 5.32 Å². The van der Waals surface area contributed by atoms with Gasteiger partial charge in [0.15, 0.2) is 0 Å². The quantitative estimate of drug-likeness (QED) is 0.692. The van der Waals surface area contributed by atoms with E-state index in [4.69, 9.17) is 0 Å². The standard InChI is InChI=1S/C22H19N3O2S/c26-21-14-18(13-16-5-2-1-3-6-16)24-25(21)19-10-8-17(9-11-19)22(27)23-15-20-7-4-12-28-20/h1-12H,13-15H2,(H,23,27). The van der Waals surface area contributed by atoms with Gasteiger partial charge in [0.05, 0.1) is 24.4 Å². The van der Waals surface area contributed by atoms with Crippen LogP contribution in [-0.4, -0.2) is 17.5 Å². The highest BCUT2D eigenvalue weighted by molar-refractivity contribution is 7.09. The number of anilines is 1. The van der Waals surface area contributed by atoms with Crippen molar-refractivity contribution in [3.8, 4) is 0 Å². The van der Waals surface area contributed by atoms with E-state index in [1.807, 2.05) is 47.8 Å². The van der Waals surface area contributed by atoms with Crippen molar-refractivity contribution in [3.63, 3.8) is 0 Å². The molecule has 5 nitrogen and oxygen atoms in total. The lowest BCUT2D eigenvalue weighted by atomic mass is 10.1. The van der Waals surface area contributed by atoms with Crippen LogP contribution in [0.5, 0.6) is 0 Å². The number of nitrogens with zero attached hydrogens (tertiary/aromatic N) is 2. The van der Waals surface area contributed by atoms with Gasteiger partial charge in [-0.15, -0.1) is 11.3 Å². The minimum Gasteiger partial charge on any atom is -0.347 e. The average molecular weight is 389 g/mol. The van der Waals surface area contributed by atoms with Crippen LogP contribution in [0, 0.1) is 0 Å². The van der Waals surface area contributed by atoms with E-state index < -0.39 is 0 Å². The number of carbonyl (C=O) groups is 2. The third-order valence-electron chi connectivity index (χ3n) is 4.46. The Labute approximate surface area is 167 Å². The first-order valence-electron chi connectivity index (χ1n) is 9.03. The summed E-state index contributed by atoms with van der Waals surface area (Å²) in [6.07, 6.45) is 0.976. The third kappa shape index (κ3) is 4.18. The number of benzene rings is 2. The molecule has 4 rings (SSSR count). The lowest BCUT2D eigenvalue weighted by Crippen LogP contribution is -2.23. The molecule has 0 atom stereocenters. The zero-order valence-corrected chi connectivity index (χ0v) is 16.0. The van der Waals surface area contributed by atoms with Crippen LogP contribution in [0.2, 0.25) is 0 Å². The Hall–Kier alpha value is -3.25. The Kier molecular flexibility index (Phi) is 5.30. The lowest BCUT2D eigenvalue weighted by molar-refractivity contribution is -0.116. The lowest BCUT2D eigenvalue weighted by Gasteiger charge is -2.12. The molecule has 0 saturated heterocycles. The van der Waals surface area contributed by atoms with Gasteiger partial charge in [0, 0.05) is 16.9 Å². The Balaban J connectivity index is 1.41. The topological polar surface area (TPSA) is 61.8 Å². The molecule has 0 aliphatic carbocycles. The number of thiophene rings is 1. The summed E-state index contributed by atoms with van der Waals surface area (Å²) in [7, 11) is 0. The van der Waals surface area contributed by atoms with Crippen molar-refractivity contribution in [1.29, 1.82) is 0 Å². The van der Waals surface area contributed by atoms with Crippen molar-refractivity contribution in [2.24, 2.45) is 5.10 Å². The van der Waals surface area contributed by atoms with Gasteiger partial charge in [-0.2, -0.15) is 5.10 Å². The largest absolute Gasteiger partial charge is 0.347 e. The highest BCUT2D eigenvalue weighted by Gasteiger charge is 2.25. The normalized spacial score (nSPS) is 13.5. The van der Waals surface area contributed by atoms with E-state index in [-0.39, 0.29) is 11.8 Å². The van der Waals surface area contributed by atoms with Crippen LogP contribution < -0.4 is 10.3 Å². The SMILES string of the molecule is O=C(NCc1cccs1)c1ccc(N2N=C(Cc3ccccc3)CC2=O)cc1. The van der Waals surface area contributed by atoms with Gasteiger partial charge in [0.2, 0.25) is 0 Å². The van der Waals surface area contributed by atoms with E-state index in [9.17, 15) is 9.59 Å². The summed E-state index contributed by atoms with van der Waals surface area (Å²) in [6, 6.07) is 20.9. The van der Waals surface area contributed by atoms with E-state index >= 15 is 0 Å². The van der Waals surface area contributed by atoms with Crippen LogP contribution in [-0.2, 0) is 17.8 Å². The summed E-state index contributed by atoms with van der Waals surface area (Å²) in [5.41, 5.74) is 3.20. The first kappa shape index (κ1) is 18.1. The van der Waals surface area contributed by atoms with E-state index in [2.05, 4.69) is 10.4 Å². The predicted octanol–water partition coefficient (Wildman–Crippen LogP) is 4.01. The molecule has 2 amide bonds. The molecule has 1 aliphatic heterocycles. The molecule has 6 heteroatoms. The molecule has 0 fully saturated rings. The van der Waals surface area contributed by atoms with Crippen molar-refractivity contribution < 1.29 is 9.59 Å². The molecule has 0 radical (unpaired) electrons. The van der Waals surface area contributed by atoms with Crippen LogP contribution in [0.15, 0.2) is 77.2 Å². The first-order chi connectivity index (χ1) is 13.7. The second kappa shape index (κ2) is 8.19. The Morgan fingerprint density at radius 2 is 1.82 bits per heavy atom. The van der Waals surface area contributed by atoms with Gasteiger partial charge in [-0.05, 0) is 41.3 Å². The fraction of sp³-hybridized carbons (Fsp3) is 0.136. The highest BCUT2D eigenvalue weighted by Crippen LogP contribution is 2.22. The summed E-state index contributed by atoms with van der Waals surface area (Å²) in [5.74, 6) is -0.193. The molecule has 28 heavy (non-hydrogen) atoms. The molecule has 1 N–H and O–H groups in total. The van der Waals surface area contributed by atoms with Crippen molar-refractivity contribution in [2.45, 2.75) is 19.4 Å². The monoisotopic (exact) mass is 389 g/mol. The van der Waals surface area contributed by atoms with Gasteiger partial charge in [0.1, 0.15) is 0 Å². The van der Waals surface area contributed by atoms with Gasteiger partial charge in [-0.3, -0.25) is 9.59 Å². The molecule has 1 aliphatic rings. The van der Waals surface area contributed by atoms with Crippen LogP contribution in [0.3, 0.4) is 0 Å². The number of amides is 2. The molecule has 140 valence electrons. The van der Waals surface area contributed by atoms with Crippen LogP contribution in [0.25, 0.3) is 0 Å². The number of hydrogen-bond acceptors (Lipinski definition) is 4.